The zero-order valence-electron chi connectivity index (χ0n) is 15.0. The molecule has 2 unspecified atom stereocenters. The number of aliphatic hydroxyl groups is 1. The Labute approximate surface area is 153 Å². The average molecular weight is 349 g/mol. The highest BCUT2D eigenvalue weighted by Crippen LogP contribution is 2.14. The Bertz CT molecular complexity index is 859. The molecule has 0 saturated carbocycles. The molecule has 3 aromatic rings. The van der Waals surface area contributed by atoms with E-state index in [9.17, 15) is 9.90 Å². The van der Waals surface area contributed by atoms with Crippen molar-refractivity contribution < 1.29 is 9.90 Å². The van der Waals surface area contributed by atoms with Gasteiger partial charge in [-0.2, -0.15) is 5.10 Å². The summed E-state index contributed by atoms with van der Waals surface area (Å²) < 4.78 is 1.74. The molecule has 5 nitrogen and oxygen atoms in total. The van der Waals surface area contributed by atoms with Crippen molar-refractivity contribution in [3.8, 4) is 5.69 Å². The smallest absolute Gasteiger partial charge is 0.255 e. The Balaban J connectivity index is 1.67. The molecular formula is C21H23N3O2. The lowest BCUT2D eigenvalue weighted by molar-refractivity contribution is 0.0851. The Morgan fingerprint density at radius 3 is 2.38 bits per heavy atom. The Kier molecular flexibility index (Phi) is 5.49. The van der Waals surface area contributed by atoms with Gasteiger partial charge in [0.1, 0.15) is 0 Å². The fourth-order valence-electron chi connectivity index (χ4n) is 2.88. The molecule has 0 aliphatic carbocycles. The van der Waals surface area contributed by atoms with Crippen molar-refractivity contribution in [1.82, 2.24) is 15.1 Å². The monoisotopic (exact) mass is 349 g/mol. The van der Waals surface area contributed by atoms with Crippen molar-refractivity contribution in [2.75, 3.05) is 0 Å². The first kappa shape index (κ1) is 17.9. The van der Waals surface area contributed by atoms with Gasteiger partial charge in [-0.1, -0.05) is 48.5 Å². The predicted octanol–water partition coefficient (Wildman–Crippen LogP) is 2.90. The second kappa shape index (κ2) is 7.97. The normalized spacial score (nSPS) is 13.2. The summed E-state index contributed by atoms with van der Waals surface area (Å²) >= 11 is 0. The molecule has 26 heavy (non-hydrogen) atoms. The second-order valence-corrected chi connectivity index (χ2v) is 6.41. The van der Waals surface area contributed by atoms with Gasteiger partial charge in [-0.3, -0.25) is 4.79 Å². The number of rotatable bonds is 6. The van der Waals surface area contributed by atoms with E-state index >= 15 is 0 Å². The summed E-state index contributed by atoms with van der Waals surface area (Å²) in [5.74, 6) is -0.232. The number of aliphatic hydroxyl groups excluding tert-OH is 1. The van der Waals surface area contributed by atoms with E-state index in [2.05, 4.69) is 10.4 Å². The van der Waals surface area contributed by atoms with Crippen LogP contribution in [0.5, 0.6) is 0 Å². The number of carbonyl (C=O) groups excluding carboxylic acids is 1. The molecule has 3 rings (SSSR count). The topological polar surface area (TPSA) is 67.2 Å². The molecular weight excluding hydrogens is 326 g/mol. The highest BCUT2D eigenvalue weighted by molar-refractivity contribution is 5.95. The van der Waals surface area contributed by atoms with Crippen molar-refractivity contribution in [2.24, 2.45) is 0 Å². The Hall–Kier alpha value is -2.92. The number of carbonyl (C=O) groups is 1. The molecule has 0 aliphatic heterocycles. The van der Waals surface area contributed by atoms with Crippen LogP contribution in [-0.4, -0.2) is 32.9 Å². The minimum Gasteiger partial charge on any atom is -0.391 e. The van der Waals surface area contributed by atoms with Gasteiger partial charge in [0, 0.05) is 6.42 Å². The van der Waals surface area contributed by atoms with Gasteiger partial charge in [0.25, 0.3) is 5.91 Å². The van der Waals surface area contributed by atoms with Crippen LogP contribution in [-0.2, 0) is 6.42 Å². The third kappa shape index (κ3) is 4.00. The Morgan fingerprint density at radius 1 is 1.12 bits per heavy atom. The van der Waals surface area contributed by atoms with Gasteiger partial charge < -0.3 is 10.4 Å². The van der Waals surface area contributed by atoms with Gasteiger partial charge in [-0.25, -0.2) is 4.68 Å². The lowest BCUT2D eigenvalue weighted by Gasteiger charge is -2.20. The molecule has 0 bridgehead atoms. The zero-order chi connectivity index (χ0) is 18.5. The van der Waals surface area contributed by atoms with E-state index in [0.29, 0.717) is 12.0 Å². The molecule has 1 amide bonds. The number of hydrogen-bond acceptors (Lipinski definition) is 3. The maximum Gasteiger partial charge on any atom is 0.255 e. The summed E-state index contributed by atoms with van der Waals surface area (Å²) in [6, 6.07) is 19.0. The molecule has 5 heteroatoms. The van der Waals surface area contributed by atoms with E-state index in [1.54, 1.807) is 10.9 Å². The maximum atomic E-state index is 12.6. The summed E-state index contributed by atoms with van der Waals surface area (Å²) in [6.45, 7) is 3.67. The molecule has 2 atom stereocenters. The van der Waals surface area contributed by atoms with E-state index in [1.807, 2.05) is 74.5 Å². The number of aromatic nitrogens is 2. The van der Waals surface area contributed by atoms with Crippen molar-refractivity contribution in [3.05, 3.63) is 83.7 Å². The molecule has 0 saturated heterocycles. The number of nitrogens with one attached hydrogen (secondary N) is 1. The molecule has 1 aromatic heterocycles. The number of para-hydroxylation sites is 1. The van der Waals surface area contributed by atoms with Crippen LogP contribution in [0.3, 0.4) is 0 Å². The summed E-state index contributed by atoms with van der Waals surface area (Å²) in [6.07, 6.45) is 1.39. The van der Waals surface area contributed by atoms with Gasteiger partial charge >= 0.3 is 0 Å². The standard InChI is InChI=1S/C21H23N3O2/c1-15(20(25)13-17-9-5-3-6-10-17)23-21(26)19-14-22-24(16(19)2)18-11-7-4-8-12-18/h3-12,14-15,20,25H,13H2,1-2H3,(H,23,26). The first-order valence-electron chi connectivity index (χ1n) is 8.69. The average Bonchev–Trinajstić information content (AvgIpc) is 3.04. The maximum absolute atomic E-state index is 12.6. The predicted molar refractivity (Wildman–Crippen MR) is 101 cm³/mol. The van der Waals surface area contributed by atoms with Crippen LogP contribution in [0.25, 0.3) is 5.69 Å². The van der Waals surface area contributed by atoms with Crippen LogP contribution in [0, 0.1) is 6.92 Å². The number of amides is 1. The largest absolute Gasteiger partial charge is 0.391 e. The summed E-state index contributed by atoms with van der Waals surface area (Å²) in [7, 11) is 0. The summed E-state index contributed by atoms with van der Waals surface area (Å²) in [4.78, 5) is 12.6. The lowest BCUT2D eigenvalue weighted by Crippen LogP contribution is -2.42. The minimum absolute atomic E-state index is 0.232. The van der Waals surface area contributed by atoms with Gasteiger partial charge in [0.05, 0.1) is 35.3 Å². The highest BCUT2D eigenvalue weighted by atomic mass is 16.3. The van der Waals surface area contributed by atoms with Crippen molar-refractivity contribution in [3.63, 3.8) is 0 Å². The van der Waals surface area contributed by atoms with Crippen LogP contribution < -0.4 is 5.32 Å². The van der Waals surface area contributed by atoms with E-state index in [1.165, 1.54) is 0 Å². The molecule has 1 heterocycles. The van der Waals surface area contributed by atoms with E-state index in [0.717, 1.165) is 16.9 Å². The number of hydrogen-bond donors (Lipinski definition) is 2. The molecule has 134 valence electrons. The number of nitrogens with zero attached hydrogens (tertiary/aromatic N) is 2. The van der Waals surface area contributed by atoms with Crippen molar-refractivity contribution in [2.45, 2.75) is 32.4 Å². The van der Waals surface area contributed by atoms with E-state index in [-0.39, 0.29) is 11.9 Å². The first-order valence-corrected chi connectivity index (χ1v) is 8.69. The van der Waals surface area contributed by atoms with Crippen LogP contribution >= 0.6 is 0 Å². The zero-order valence-corrected chi connectivity index (χ0v) is 15.0. The molecule has 0 aliphatic rings. The number of benzene rings is 2. The Morgan fingerprint density at radius 2 is 1.73 bits per heavy atom. The molecule has 2 aromatic carbocycles. The van der Waals surface area contributed by atoms with Gasteiger partial charge in [-0.15, -0.1) is 0 Å². The first-order chi connectivity index (χ1) is 12.6. The minimum atomic E-state index is -0.661. The van der Waals surface area contributed by atoms with Gasteiger partial charge in [0.2, 0.25) is 0 Å². The van der Waals surface area contributed by atoms with Crippen LogP contribution in [0.15, 0.2) is 66.9 Å². The van der Waals surface area contributed by atoms with Crippen molar-refractivity contribution in [1.29, 1.82) is 0 Å². The van der Waals surface area contributed by atoms with E-state index in [4.69, 9.17) is 0 Å². The third-order valence-electron chi connectivity index (χ3n) is 4.48. The highest BCUT2D eigenvalue weighted by Gasteiger charge is 2.21. The van der Waals surface area contributed by atoms with Crippen LogP contribution in [0.4, 0.5) is 0 Å². The third-order valence-corrected chi connectivity index (χ3v) is 4.48. The van der Waals surface area contributed by atoms with Gasteiger partial charge in [0.15, 0.2) is 0 Å². The molecule has 0 spiro atoms. The SMILES string of the molecule is Cc1c(C(=O)NC(C)C(O)Cc2ccccc2)cnn1-c1ccccc1. The fraction of sp³-hybridized carbons (Fsp3) is 0.238. The lowest BCUT2D eigenvalue weighted by atomic mass is 10.0. The van der Waals surface area contributed by atoms with E-state index < -0.39 is 6.10 Å². The molecule has 0 radical (unpaired) electrons. The van der Waals surface area contributed by atoms with Crippen LogP contribution in [0.2, 0.25) is 0 Å². The second-order valence-electron chi connectivity index (χ2n) is 6.41. The summed E-state index contributed by atoms with van der Waals surface area (Å²) in [5, 5.41) is 17.6. The molecule has 2 N–H and O–H groups in total. The fourth-order valence-corrected chi connectivity index (χ4v) is 2.88. The van der Waals surface area contributed by atoms with Crippen LogP contribution in [0.1, 0.15) is 28.5 Å². The summed E-state index contributed by atoms with van der Waals surface area (Å²) in [5.41, 5.74) is 3.21. The molecule has 0 fully saturated rings. The quantitative estimate of drug-likeness (QED) is 0.719. The van der Waals surface area contributed by atoms with Crippen molar-refractivity contribution >= 4 is 5.91 Å². The van der Waals surface area contributed by atoms with Gasteiger partial charge in [-0.05, 0) is 31.5 Å².